The molecule has 1 unspecified atom stereocenters. The first-order chi connectivity index (χ1) is 7.09. The van der Waals surface area contributed by atoms with Crippen molar-refractivity contribution in [2.45, 2.75) is 13.0 Å². The second kappa shape index (κ2) is 3.64. The maximum atomic E-state index is 11.6. The molecular formula is C10H10ClN3O. The van der Waals surface area contributed by atoms with Gasteiger partial charge in [-0.15, -0.1) is 0 Å². The summed E-state index contributed by atoms with van der Waals surface area (Å²) in [6, 6.07) is 4.77. The standard InChI is InChI=1S/C10H10ClN3O/c1-5(12)9-13-8-6(10(15)14-9)3-2-4-7(8)11/h2-5H,12H2,1H3,(H,13,14,15). The van der Waals surface area contributed by atoms with Crippen LogP contribution in [0.5, 0.6) is 0 Å². The van der Waals surface area contributed by atoms with Crippen LogP contribution in [-0.4, -0.2) is 9.97 Å². The average Bonchev–Trinajstić information content (AvgIpc) is 2.19. The molecule has 0 aliphatic heterocycles. The van der Waals surface area contributed by atoms with Gasteiger partial charge in [0, 0.05) is 0 Å². The Morgan fingerprint density at radius 1 is 1.53 bits per heavy atom. The molecule has 0 spiro atoms. The molecule has 5 heteroatoms. The van der Waals surface area contributed by atoms with Gasteiger partial charge in [-0.3, -0.25) is 4.79 Å². The molecule has 1 heterocycles. The topological polar surface area (TPSA) is 71.8 Å². The highest BCUT2D eigenvalue weighted by Crippen LogP contribution is 2.19. The summed E-state index contributed by atoms with van der Waals surface area (Å²) < 4.78 is 0. The fraction of sp³-hybridized carbons (Fsp3) is 0.200. The number of hydrogen-bond acceptors (Lipinski definition) is 3. The first-order valence-corrected chi connectivity index (χ1v) is 4.91. The highest BCUT2D eigenvalue weighted by atomic mass is 35.5. The maximum Gasteiger partial charge on any atom is 0.258 e. The Bertz CT molecular complexity index is 562. The van der Waals surface area contributed by atoms with E-state index in [-0.39, 0.29) is 11.6 Å². The van der Waals surface area contributed by atoms with Crippen molar-refractivity contribution in [1.82, 2.24) is 9.97 Å². The zero-order chi connectivity index (χ0) is 11.0. The molecule has 4 nitrogen and oxygen atoms in total. The second-order valence-corrected chi connectivity index (χ2v) is 3.78. The molecule has 2 aromatic rings. The summed E-state index contributed by atoms with van der Waals surface area (Å²) in [7, 11) is 0. The fourth-order valence-corrected chi connectivity index (χ4v) is 1.58. The molecule has 0 aliphatic rings. The van der Waals surface area contributed by atoms with Crippen molar-refractivity contribution < 1.29 is 0 Å². The third kappa shape index (κ3) is 1.73. The van der Waals surface area contributed by atoms with Crippen molar-refractivity contribution in [3.05, 3.63) is 39.4 Å². The zero-order valence-corrected chi connectivity index (χ0v) is 8.88. The molecule has 0 radical (unpaired) electrons. The summed E-state index contributed by atoms with van der Waals surface area (Å²) in [5, 5.41) is 0.937. The van der Waals surface area contributed by atoms with Crippen molar-refractivity contribution in [3.8, 4) is 0 Å². The molecule has 1 aromatic carbocycles. The van der Waals surface area contributed by atoms with Crippen LogP contribution in [0.25, 0.3) is 10.9 Å². The molecular weight excluding hydrogens is 214 g/mol. The smallest absolute Gasteiger partial charge is 0.258 e. The van der Waals surface area contributed by atoms with Crippen LogP contribution in [0.15, 0.2) is 23.0 Å². The van der Waals surface area contributed by atoms with Gasteiger partial charge in [-0.2, -0.15) is 0 Å². The number of fused-ring (bicyclic) bond motifs is 1. The van der Waals surface area contributed by atoms with E-state index >= 15 is 0 Å². The molecule has 1 atom stereocenters. The van der Waals surface area contributed by atoms with Crippen LogP contribution >= 0.6 is 11.6 Å². The Kier molecular flexibility index (Phi) is 2.46. The van der Waals surface area contributed by atoms with E-state index in [9.17, 15) is 4.79 Å². The number of nitrogens with one attached hydrogen (secondary N) is 1. The van der Waals surface area contributed by atoms with Crippen molar-refractivity contribution in [3.63, 3.8) is 0 Å². The number of hydrogen-bond donors (Lipinski definition) is 2. The number of aromatic amines is 1. The third-order valence-electron chi connectivity index (χ3n) is 2.14. The summed E-state index contributed by atoms with van der Waals surface area (Å²) in [6.07, 6.45) is 0. The molecule has 2 rings (SSSR count). The first kappa shape index (κ1) is 10.1. The van der Waals surface area contributed by atoms with Gasteiger partial charge in [0.25, 0.3) is 5.56 Å². The second-order valence-electron chi connectivity index (χ2n) is 3.38. The largest absolute Gasteiger partial charge is 0.322 e. The van der Waals surface area contributed by atoms with Crippen LogP contribution in [-0.2, 0) is 0 Å². The molecule has 1 aromatic heterocycles. The summed E-state index contributed by atoms with van der Waals surface area (Å²) in [6.45, 7) is 1.75. The van der Waals surface area contributed by atoms with Crippen molar-refractivity contribution in [2.24, 2.45) is 5.73 Å². The normalized spacial score (nSPS) is 13.0. The molecule has 3 N–H and O–H groups in total. The Balaban J connectivity index is 2.86. The van der Waals surface area contributed by atoms with Crippen LogP contribution in [0.1, 0.15) is 18.8 Å². The Morgan fingerprint density at radius 3 is 2.93 bits per heavy atom. The van der Waals surface area contributed by atoms with E-state index in [1.165, 1.54) is 0 Å². The van der Waals surface area contributed by atoms with Gasteiger partial charge in [-0.1, -0.05) is 17.7 Å². The molecule has 78 valence electrons. The van der Waals surface area contributed by atoms with Crippen LogP contribution in [0.2, 0.25) is 5.02 Å². The van der Waals surface area contributed by atoms with Gasteiger partial charge in [0.2, 0.25) is 0 Å². The number of nitrogens with two attached hydrogens (primary N) is 1. The molecule has 0 bridgehead atoms. The van der Waals surface area contributed by atoms with Crippen molar-refractivity contribution >= 4 is 22.5 Å². The molecule has 0 amide bonds. The van der Waals surface area contributed by atoms with Gasteiger partial charge in [0.1, 0.15) is 5.82 Å². The van der Waals surface area contributed by atoms with Gasteiger partial charge in [0.15, 0.2) is 0 Å². The molecule has 0 aliphatic carbocycles. The number of rotatable bonds is 1. The third-order valence-corrected chi connectivity index (χ3v) is 2.44. The SMILES string of the molecule is CC(N)c1nc2c(Cl)cccc2c(=O)[nH]1. The minimum Gasteiger partial charge on any atom is -0.322 e. The highest BCUT2D eigenvalue weighted by Gasteiger charge is 2.08. The molecule has 0 saturated heterocycles. The number of para-hydroxylation sites is 1. The molecule has 15 heavy (non-hydrogen) atoms. The minimum atomic E-state index is -0.321. The Hall–Kier alpha value is -1.39. The number of nitrogens with zero attached hydrogens (tertiary/aromatic N) is 1. The monoisotopic (exact) mass is 223 g/mol. The lowest BCUT2D eigenvalue weighted by Gasteiger charge is -2.06. The summed E-state index contributed by atoms with van der Waals surface area (Å²) >= 11 is 5.95. The van der Waals surface area contributed by atoms with Gasteiger partial charge in [-0.05, 0) is 19.1 Å². The number of benzene rings is 1. The molecule has 0 fully saturated rings. The summed E-state index contributed by atoms with van der Waals surface area (Å²) in [5.41, 5.74) is 5.93. The number of halogens is 1. The van der Waals surface area contributed by atoms with Gasteiger partial charge >= 0.3 is 0 Å². The predicted molar refractivity (Wildman–Crippen MR) is 60.0 cm³/mol. The lowest BCUT2D eigenvalue weighted by atomic mass is 10.2. The minimum absolute atomic E-state index is 0.213. The van der Waals surface area contributed by atoms with Crippen LogP contribution < -0.4 is 11.3 Å². The van der Waals surface area contributed by atoms with Crippen molar-refractivity contribution in [2.75, 3.05) is 0 Å². The predicted octanol–water partition coefficient (Wildman–Crippen LogP) is 1.60. The quantitative estimate of drug-likeness (QED) is 0.771. The zero-order valence-electron chi connectivity index (χ0n) is 8.12. The van der Waals surface area contributed by atoms with E-state index in [1.54, 1.807) is 25.1 Å². The Labute approximate surface area is 91.1 Å². The van der Waals surface area contributed by atoms with Gasteiger partial charge < -0.3 is 10.7 Å². The average molecular weight is 224 g/mol. The van der Waals surface area contributed by atoms with Crippen molar-refractivity contribution in [1.29, 1.82) is 0 Å². The van der Waals surface area contributed by atoms with E-state index in [0.29, 0.717) is 21.7 Å². The van der Waals surface area contributed by atoms with Crippen LogP contribution in [0.4, 0.5) is 0 Å². The lowest BCUT2D eigenvalue weighted by molar-refractivity contribution is 0.741. The molecule has 0 saturated carbocycles. The van der Waals surface area contributed by atoms with Gasteiger partial charge in [-0.25, -0.2) is 4.98 Å². The number of H-pyrrole nitrogens is 1. The maximum absolute atomic E-state index is 11.6. The summed E-state index contributed by atoms with van der Waals surface area (Å²) in [4.78, 5) is 18.5. The number of aromatic nitrogens is 2. The fourth-order valence-electron chi connectivity index (χ4n) is 1.36. The summed E-state index contributed by atoms with van der Waals surface area (Å²) in [5.74, 6) is 0.445. The van der Waals surface area contributed by atoms with E-state index in [4.69, 9.17) is 17.3 Å². The van der Waals surface area contributed by atoms with Crippen LogP contribution in [0.3, 0.4) is 0 Å². The van der Waals surface area contributed by atoms with Gasteiger partial charge in [0.05, 0.1) is 22.0 Å². The lowest BCUT2D eigenvalue weighted by Crippen LogP contribution is -2.17. The van der Waals surface area contributed by atoms with Crippen LogP contribution in [0, 0.1) is 0 Å². The Morgan fingerprint density at radius 2 is 2.27 bits per heavy atom. The first-order valence-electron chi connectivity index (χ1n) is 4.53. The van der Waals surface area contributed by atoms with E-state index < -0.39 is 0 Å². The van der Waals surface area contributed by atoms with E-state index in [2.05, 4.69) is 9.97 Å². The van der Waals surface area contributed by atoms with E-state index in [1.807, 2.05) is 0 Å². The highest BCUT2D eigenvalue weighted by molar-refractivity contribution is 6.34. The van der Waals surface area contributed by atoms with E-state index in [0.717, 1.165) is 0 Å².